The Bertz CT molecular complexity index is 1460. The number of para-hydroxylation sites is 1. The number of rotatable bonds is 6. The number of anilines is 5. The number of hydrogen-bond acceptors (Lipinski definition) is 8. The molecule has 2 aliphatic heterocycles. The highest BCUT2D eigenvalue weighted by atomic mass is 35.5. The van der Waals surface area contributed by atoms with Crippen LogP contribution in [0.2, 0.25) is 10.0 Å². The van der Waals surface area contributed by atoms with Gasteiger partial charge in [0.1, 0.15) is 17.9 Å². The highest BCUT2D eigenvalue weighted by Crippen LogP contribution is 2.37. The van der Waals surface area contributed by atoms with Crippen molar-refractivity contribution in [1.29, 1.82) is 0 Å². The zero-order valence-electron chi connectivity index (χ0n) is 22.4. The number of amides is 3. The lowest BCUT2D eigenvalue weighted by atomic mass is 10.2. The number of nitrogens with one attached hydrogen (secondary N) is 1. The van der Waals surface area contributed by atoms with Crippen molar-refractivity contribution in [3.8, 4) is 0 Å². The van der Waals surface area contributed by atoms with Gasteiger partial charge in [-0.3, -0.25) is 14.5 Å². The summed E-state index contributed by atoms with van der Waals surface area (Å²) >= 11 is 12.7. The van der Waals surface area contributed by atoms with E-state index in [1.165, 1.54) is 18.1 Å². The Balaban J connectivity index is 1.22. The van der Waals surface area contributed by atoms with Crippen molar-refractivity contribution in [3.05, 3.63) is 64.3 Å². The van der Waals surface area contributed by atoms with E-state index >= 15 is 0 Å². The number of carbonyl (C=O) groups excluding carboxylic acids is 2. The summed E-state index contributed by atoms with van der Waals surface area (Å²) in [6.45, 7) is 2.37. The number of benzene rings is 2. The summed E-state index contributed by atoms with van der Waals surface area (Å²) in [5, 5.41) is 12.9. The van der Waals surface area contributed by atoms with E-state index in [9.17, 15) is 14.4 Å². The summed E-state index contributed by atoms with van der Waals surface area (Å²) in [4.78, 5) is 53.7. The molecule has 0 saturated carbocycles. The molecular weight excluding hydrogens is 571 g/mol. The van der Waals surface area contributed by atoms with Crippen LogP contribution in [0.4, 0.5) is 33.6 Å². The molecule has 3 aromatic rings. The Labute approximate surface area is 246 Å². The minimum atomic E-state index is -1.13. The first kappa shape index (κ1) is 28.2. The molecule has 2 aliphatic rings. The molecule has 2 N–H and O–H groups in total. The molecule has 0 atom stereocenters. The van der Waals surface area contributed by atoms with Gasteiger partial charge in [0.15, 0.2) is 0 Å². The number of fused-ring (bicyclic) bond motifs is 1. The molecule has 0 bridgehead atoms. The SMILES string of the molecule is CN(CC(=O)N1CCN(c2ccc(Nc3ncc4c(n3)N(C)CN(c3c(Cl)cccc3Cl)C4=O)cc2)CC1)C(=O)O. The fraction of sp³-hybridized carbons (Fsp3) is 0.296. The summed E-state index contributed by atoms with van der Waals surface area (Å²) in [7, 11) is 3.21. The minimum Gasteiger partial charge on any atom is -0.465 e. The van der Waals surface area contributed by atoms with Crippen molar-refractivity contribution in [2.75, 3.05) is 73.5 Å². The zero-order chi connectivity index (χ0) is 29.3. The van der Waals surface area contributed by atoms with Crippen molar-refractivity contribution in [3.63, 3.8) is 0 Å². The first-order chi connectivity index (χ1) is 19.6. The highest BCUT2D eigenvalue weighted by molar-refractivity contribution is 6.40. The fourth-order valence-electron chi connectivity index (χ4n) is 4.75. The second-order valence-corrected chi connectivity index (χ2v) is 10.6. The van der Waals surface area contributed by atoms with Crippen LogP contribution in [0.25, 0.3) is 0 Å². The molecule has 1 fully saturated rings. The Kier molecular flexibility index (Phi) is 8.04. The smallest absolute Gasteiger partial charge is 0.407 e. The van der Waals surface area contributed by atoms with E-state index in [1.54, 1.807) is 23.1 Å². The topological polar surface area (TPSA) is 125 Å². The highest BCUT2D eigenvalue weighted by Gasteiger charge is 2.32. The third kappa shape index (κ3) is 5.93. The van der Waals surface area contributed by atoms with E-state index in [4.69, 9.17) is 28.3 Å². The summed E-state index contributed by atoms with van der Waals surface area (Å²) < 4.78 is 0. The number of piperazine rings is 1. The Morgan fingerprint density at radius 2 is 1.71 bits per heavy atom. The van der Waals surface area contributed by atoms with Crippen molar-refractivity contribution in [2.24, 2.45) is 0 Å². The van der Waals surface area contributed by atoms with Crippen LogP contribution >= 0.6 is 23.2 Å². The minimum absolute atomic E-state index is 0.154. The summed E-state index contributed by atoms with van der Waals surface area (Å²) in [5.74, 6) is 0.343. The Morgan fingerprint density at radius 3 is 2.34 bits per heavy atom. The fourth-order valence-corrected chi connectivity index (χ4v) is 5.35. The number of likely N-dealkylation sites (N-methyl/N-ethyl adjacent to an activating group) is 1. The largest absolute Gasteiger partial charge is 0.465 e. The Morgan fingerprint density at radius 1 is 1.05 bits per heavy atom. The lowest BCUT2D eigenvalue weighted by Gasteiger charge is -2.36. The van der Waals surface area contributed by atoms with E-state index < -0.39 is 6.09 Å². The first-order valence-corrected chi connectivity index (χ1v) is 13.6. The second-order valence-electron chi connectivity index (χ2n) is 9.75. The van der Waals surface area contributed by atoms with Gasteiger partial charge in [-0.1, -0.05) is 29.3 Å². The van der Waals surface area contributed by atoms with Crippen LogP contribution in [-0.2, 0) is 4.79 Å². The predicted molar refractivity (Wildman–Crippen MR) is 158 cm³/mol. The van der Waals surface area contributed by atoms with Gasteiger partial charge in [-0.05, 0) is 36.4 Å². The number of aromatic nitrogens is 2. The molecule has 1 aromatic heterocycles. The van der Waals surface area contributed by atoms with Gasteiger partial charge in [-0.2, -0.15) is 4.98 Å². The number of nitrogens with zero attached hydrogens (tertiary/aromatic N) is 7. The lowest BCUT2D eigenvalue weighted by Crippen LogP contribution is -2.51. The van der Waals surface area contributed by atoms with E-state index in [1.807, 2.05) is 36.2 Å². The molecule has 3 heterocycles. The summed E-state index contributed by atoms with van der Waals surface area (Å²) in [6.07, 6.45) is 0.362. The van der Waals surface area contributed by atoms with Crippen molar-refractivity contribution >= 4 is 69.9 Å². The van der Waals surface area contributed by atoms with E-state index in [-0.39, 0.29) is 25.0 Å². The van der Waals surface area contributed by atoms with Gasteiger partial charge in [0, 0.05) is 57.8 Å². The molecule has 1 saturated heterocycles. The first-order valence-electron chi connectivity index (χ1n) is 12.8. The summed E-state index contributed by atoms with van der Waals surface area (Å²) in [6, 6.07) is 12.9. The van der Waals surface area contributed by atoms with Crippen LogP contribution in [0.3, 0.4) is 0 Å². The lowest BCUT2D eigenvalue weighted by molar-refractivity contribution is -0.132. The van der Waals surface area contributed by atoms with Crippen LogP contribution in [0, 0.1) is 0 Å². The molecule has 41 heavy (non-hydrogen) atoms. The van der Waals surface area contributed by atoms with Crippen molar-refractivity contribution in [2.45, 2.75) is 0 Å². The Hall–Kier alpha value is -4.29. The predicted octanol–water partition coefficient (Wildman–Crippen LogP) is 3.84. The molecule has 0 aliphatic carbocycles. The third-order valence-corrected chi connectivity index (χ3v) is 7.60. The van der Waals surface area contributed by atoms with E-state index in [0.717, 1.165) is 16.3 Å². The summed E-state index contributed by atoms with van der Waals surface area (Å²) in [5.41, 5.74) is 2.55. The maximum absolute atomic E-state index is 13.3. The molecule has 14 heteroatoms. The molecule has 12 nitrogen and oxygen atoms in total. The second kappa shape index (κ2) is 11.7. The standard InChI is InChI=1S/C27H28Cl2N8O4/c1-33(27(40)41)15-22(38)36-12-10-35(11-13-36)18-8-6-17(7-9-18)31-26-30-14-19-24(32-26)34(2)16-37(25(19)39)23-20(28)4-3-5-21(23)29/h3-9,14H,10-13,15-16H2,1-2H3,(H,40,41)(H,30,31,32). The van der Waals surface area contributed by atoms with Crippen molar-refractivity contribution in [1.82, 2.24) is 19.8 Å². The number of hydrogen-bond donors (Lipinski definition) is 2. The van der Waals surface area contributed by atoms with Crippen LogP contribution in [0.5, 0.6) is 0 Å². The van der Waals surface area contributed by atoms with Crippen LogP contribution in [-0.4, -0.2) is 96.3 Å². The maximum atomic E-state index is 13.3. The van der Waals surface area contributed by atoms with Gasteiger partial charge in [0.05, 0.1) is 22.4 Å². The third-order valence-electron chi connectivity index (χ3n) is 6.99. The van der Waals surface area contributed by atoms with Crippen LogP contribution < -0.4 is 20.0 Å². The zero-order valence-corrected chi connectivity index (χ0v) is 23.9. The molecule has 2 aromatic carbocycles. The van der Waals surface area contributed by atoms with Gasteiger partial charge in [0.2, 0.25) is 11.9 Å². The molecule has 0 radical (unpaired) electrons. The number of halogens is 2. The average molecular weight is 599 g/mol. The molecule has 0 spiro atoms. The molecule has 0 unspecified atom stereocenters. The van der Waals surface area contributed by atoms with E-state index in [0.29, 0.717) is 59.2 Å². The number of carbonyl (C=O) groups is 3. The van der Waals surface area contributed by atoms with Crippen LogP contribution in [0.15, 0.2) is 48.7 Å². The van der Waals surface area contributed by atoms with Gasteiger partial charge in [-0.25, -0.2) is 9.78 Å². The molecule has 214 valence electrons. The van der Waals surface area contributed by atoms with Crippen LogP contribution in [0.1, 0.15) is 10.4 Å². The van der Waals surface area contributed by atoms with Gasteiger partial charge >= 0.3 is 6.09 Å². The normalized spacial score (nSPS) is 15.1. The maximum Gasteiger partial charge on any atom is 0.407 e. The molecular formula is C27H28Cl2N8O4. The number of carboxylic acid groups (broad SMARTS) is 1. The van der Waals surface area contributed by atoms with Crippen molar-refractivity contribution < 1.29 is 19.5 Å². The monoisotopic (exact) mass is 598 g/mol. The molecule has 3 amide bonds. The van der Waals surface area contributed by atoms with Gasteiger partial charge < -0.3 is 30.0 Å². The molecule has 5 rings (SSSR count). The van der Waals surface area contributed by atoms with Gasteiger partial charge in [0.25, 0.3) is 5.91 Å². The van der Waals surface area contributed by atoms with Gasteiger partial charge in [-0.15, -0.1) is 0 Å². The van der Waals surface area contributed by atoms with E-state index in [2.05, 4.69) is 20.2 Å². The average Bonchev–Trinajstić information content (AvgIpc) is 2.96. The quantitative estimate of drug-likeness (QED) is 0.435.